The Bertz CT molecular complexity index is 1370. The first kappa shape index (κ1) is 20.8. The van der Waals surface area contributed by atoms with Gasteiger partial charge in [0.25, 0.3) is 5.91 Å². The van der Waals surface area contributed by atoms with Crippen molar-refractivity contribution >= 4 is 23.1 Å². The Labute approximate surface area is 179 Å². The van der Waals surface area contributed by atoms with Gasteiger partial charge < -0.3 is 5.73 Å². The molecule has 160 valence electrons. The number of anilines is 2. The van der Waals surface area contributed by atoms with Gasteiger partial charge in [0.1, 0.15) is 17.7 Å². The minimum absolute atomic E-state index is 0.160. The highest BCUT2D eigenvalue weighted by Gasteiger charge is 2.34. The zero-order valence-corrected chi connectivity index (χ0v) is 16.5. The number of nitrogens with two attached hydrogens (primary N) is 1. The second-order valence-electron chi connectivity index (χ2n) is 6.84. The molecule has 0 saturated carbocycles. The van der Waals surface area contributed by atoms with E-state index in [1.165, 1.54) is 65.5 Å². The molecular formula is C21H14F3N7O. The van der Waals surface area contributed by atoms with E-state index in [2.05, 4.69) is 15.1 Å². The summed E-state index contributed by atoms with van der Waals surface area (Å²) >= 11 is 0. The van der Waals surface area contributed by atoms with E-state index in [0.717, 1.165) is 6.07 Å². The molecule has 0 atom stereocenters. The van der Waals surface area contributed by atoms with Crippen LogP contribution >= 0.6 is 0 Å². The van der Waals surface area contributed by atoms with Crippen LogP contribution in [0.5, 0.6) is 0 Å². The van der Waals surface area contributed by atoms with Crippen LogP contribution in [0.1, 0.15) is 21.5 Å². The molecule has 4 aromatic rings. The molecule has 0 spiro atoms. The topological polar surface area (TPSA) is 113 Å². The molecule has 0 radical (unpaired) electrons. The van der Waals surface area contributed by atoms with Gasteiger partial charge in [-0.3, -0.25) is 9.69 Å². The molecule has 2 N–H and O–H groups in total. The number of amides is 1. The summed E-state index contributed by atoms with van der Waals surface area (Å²) in [6, 6.07) is 8.99. The maximum Gasteiger partial charge on any atom is 0.419 e. The van der Waals surface area contributed by atoms with Gasteiger partial charge in [0.2, 0.25) is 0 Å². The number of pyridine rings is 3. The van der Waals surface area contributed by atoms with Crippen LogP contribution in [0.25, 0.3) is 16.6 Å². The molecule has 0 saturated heterocycles. The highest BCUT2D eigenvalue weighted by molar-refractivity contribution is 6.06. The largest absolute Gasteiger partial charge is 0.419 e. The smallest absolute Gasteiger partial charge is 0.383 e. The number of nitriles is 1. The monoisotopic (exact) mass is 437 g/mol. The lowest BCUT2D eigenvalue weighted by Gasteiger charge is -2.16. The predicted molar refractivity (Wildman–Crippen MR) is 110 cm³/mol. The van der Waals surface area contributed by atoms with Gasteiger partial charge in [0.15, 0.2) is 0 Å². The Morgan fingerprint density at radius 2 is 1.94 bits per heavy atom. The first-order chi connectivity index (χ1) is 15.2. The van der Waals surface area contributed by atoms with Crippen molar-refractivity contribution in [3.63, 3.8) is 0 Å². The van der Waals surface area contributed by atoms with E-state index < -0.39 is 23.5 Å². The number of carbonyl (C=O) groups excluding carboxylic acids is 1. The van der Waals surface area contributed by atoms with Gasteiger partial charge in [-0.1, -0.05) is 0 Å². The van der Waals surface area contributed by atoms with Crippen LogP contribution in [0.4, 0.5) is 24.8 Å². The van der Waals surface area contributed by atoms with Crippen molar-refractivity contribution in [2.75, 3.05) is 17.7 Å². The highest BCUT2D eigenvalue weighted by Crippen LogP contribution is 2.36. The van der Waals surface area contributed by atoms with E-state index in [0.29, 0.717) is 22.5 Å². The normalized spacial score (nSPS) is 11.3. The van der Waals surface area contributed by atoms with Crippen molar-refractivity contribution in [3.05, 3.63) is 71.8 Å². The molecule has 0 aliphatic heterocycles. The van der Waals surface area contributed by atoms with Gasteiger partial charge in [-0.2, -0.15) is 23.5 Å². The Balaban J connectivity index is 1.73. The zero-order valence-electron chi connectivity index (χ0n) is 16.5. The van der Waals surface area contributed by atoms with Crippen molar-refractivity contribution in [2.45, 2.75) is 6.18 Å². The van der Waals surface area contributed by atoms with Crippen LogP contribution in [-0.2, 0) is 6.18 Å². The van der Waals surface area contributed by atoms with Crippen LogP contribution in [0.2, 0.25) is 0 Å². The zero-order chi connectivity index (χ0) is 23.0. The van der Waals surface area contributed by atoms with E-state index >= 15 is 0 Å². The van der Waals surface area contributed by atoms with E-state index in [4.69, 9.17) is 11.0 Å². The fourth-order valence-corrected chi connectivity index (χ4v) is 3.13. The second-order valence-corrected chi connectivity index (χ2v) is 6.84. The quantitative estimate of drug-likeness (QED) is 0.525. The summed E-state index contributed by atoms with van der Waals surface area (Å²) in [5, 5.41) is 13.0. The van der Waals surface area contributed by atoms with Crippen LogP contribution in [0, 0.1) is 11.3 Å². The molecule has 4 aromatic heterocycles. The van der Waals surface area contributed by atoms with Gasteiger partial charge in [-0.15, -0.1) is 0 Å². The number of nitrogen functional groups attached to an aromatic ring is 1. The summed E-state index contributed by atoms with van der Waals surface area (Å²) in [7, 11) is 1.53. The molecule has 4 rings (SSSR count). The molecule has 32 heavy (non-hydrogen) atoms. The molecule has 0 fully saturated rings. The third-order valence-electron chi connectivity index (χ3n) is 4.83. The van der Waals surface area contributed by atoms with E-state index in [-0.39, 0.29) is 11.1 Å². The summed E-state index contributed by atoms with van der Waals surface area (Å²) in [4.78, 5) is 22.0. The van der Waals surface area contributed by atoms with Crippen LogP contribution in [-0.4, -0.2) is 32.5 Å². The second kappa shape index (κ2) is 7.66. The molecule has 0 bridgehead atoms. The minimum atomic E-state index is -4.66. The Kier molecular flexibility index (Phi) is 4.98. The maximum atomic E-state index is 13.2. The molecule has 0 unspecified atom stereocenters. The summed E-state index contributed by atoms with van der Waals surface area (Å²) in [6.45, 7) is 0. The minimum Gasteiger partial charge on any atom is -0.383 e. The fourth-order valence-electron chi connectivity index (χ4n) is 3.13. The molecule has 0 aliphatic carbocycles. The van der Waals surface area contributed by atoms with E-state index in [9.17, 15) is 18.0 Å². The number of nitrogens with zero attached hydrogens (tertiary/aromatic N) is 6. The standard InChI is InChI=1S/C21H14F3N7O/c1-30(18-3-2-12(8-25)9-27-18)20(32)13-4-5-31-17(7-13)15(11-29-31)14-6-16(21(22,23)24)19(26)28-10-14/h2-7,9-11H,1H3,(H2,26,28). The van der Waals surface area contributed by atoms with Gasteiger partial charge in [-0.25, -0.2) is 14.5 Å². The molecular weight excluding hydrogens is 423 g/mol. The molecule has 11 heteroatoms. The molecule has 4 heterocycles. The van der Waals surface area contributed by atoms with Crippen molar-refractivity contribution < 1.29 is 18.0 Å². The van der Waals surface area contributed by atoms with E-state index in [1.54, 1.807) is 0 Å². The Morgan fingerprint density at radius 1 is 1.16 bits per heavy atom. The maximum absolute atomic E-state index is 13.2. The van der Waals surface area contributed by atoms with Gasteiger partial charge in [0, 0.05) is 42.3 Å². The van der Waals surface area contributed by atoms with Crippen molar-refractivity contribution in [1.29, 1.82) is 5.26 Å². The summed E-state index contributed by atoms with van der Waals surface area (Å²) in [5.74, 6) is -0.687. The number of alkyl halides is 3. The van der Waals surface area contributed by atoms with Gasteiger partial charge in [-0.05, 0) is 30.3 Å². The van der Waals surface area contributed by atoms with Crippen LogP contribution in [0.3, 0.4) is 0 Å². The lowest BCUT2D eigenvalue weighted by atomic mass is 10.1. The average Bonchev–Trinajstić information content (AvgIpc) is 3.21. The summed E-state index contributed by atoms with van der Waals surface area (Å²) in [5.41, 5.74) is 5.90. The van der Waals surface area contributed by atoms with Crippen LogP contribution in [0.15, 0.2) is 55.1 Å². The first-order valence-electron chi connectivity index (χ1n) is 9.13. The SMILES string of the molecule is CN(C(=O)c1ccn2ncc(-c3cnc(N)c(C(F)(F)F)c3)c2c1)c1ccc(C#N)cn1. The highest BCUT2D eigenvalue weighted by atomic mass is 19.4. The number of carbonyl (C=O) groups is 1. The number of hydrogen-bond donors (Lipinski definition) is 1. The lowest BCUT2D eigenvalue weighted by Crippen LogP contribution is -2.27. The van der Waals surface area contributed by atoms with Gasteiger partial charge in [0.05, 0.1) is 22.8 Å². The molecule has 0 aromatic carbocycles. The fraction of sp³-hybridized carbons (Fsp3) is 0.0952. The third-order valence-corrected chi connectivity index (χ3v) is 4.83. The Hall–Kier alpha value is -4.46. The first-order valence-corrected chi connectivity index (χ1v) is 9.13. The number of hydrogen-bond acceptors (Lipinski definition) is 6. The third kappa shape index (κ3) is 3.69. The average molecular weight is 437 g/mol. The van der Waals surface area contributed by atoms with Crippen LogP contribution < -0.4 is 10.6 Å². The number of halogens is 3. The van der Waals surface area contributed by atoms with Crippen molar-refractivity contribution in [1.82, 2.24) is 19.6 Å². The van der Waals surface area contributed by atoms with Crippen molar-refractivity contribution in [3.8, 4) is 17.2 Å². The summed E-state index contributed by atoms with van der Waals surface area (Å²) < 4.78 is 41.2. The molecule has 1 amide bonds. The molecule has 8 nitrogen and oxygen atoms in total. The van der Waals surface area contributed by atoms with E-state index in [1.807, 2.05) is 6.07 Å². The van der Waals surface area contributed by atoms with Gasteiger partial charge >= 0.3 is 6.18 Å². The van der Waals surface area contributed by atoms with Crippen molar-refractivity contribution in [2.24, 2.45) is 0 Å². The Morgan fingerprint density at radius 3 is 2.59 bits per heavy atom. The summed E-state index contributed by atoms with van der Waals surface area (Å²) in [6.07, 6.45) is 0.838. The number of rotatable bonds is 3. The predicted octanol–water partition coefficient (Wildman–Crippen LogP) is 3.54. The lowest BCUT2D eigenvalue weighted by molar-refractivity contribution is -0.137. The number of aromatic nitrogens is 4. The molecule has 0 aliphatic rings. The number of fused-ring (bicyclic) bond motifs is 1.